The second kappa shape index (κ2) is 21.7. The molecule has 5 N–H and O–H groups in total. The molecule has 1 saturated heterocycles. The van der Waals surface area contributed by atoms with Gasteiger partial charge in [-0.15, -0.1) is 0 Å². The summed E-state index contributed by atoms with van der Waals surface area (Å²) in [5.41, 5.74) is 1.08. The van der Waals surface area contributed by atoms with Crippen molar-refractivity contribution in [1.82, 2.24) is 9.31 Å². The van der Waals surface area contributed by atoms with E-state index in [0.29, 0.717) is 50.0 Å². The van der Waals surface area contributed by atoms with Gasteiger partial charge >= 0.3 is 7.60 Å². The molecule has 0 bridgehead atoms. The van der Waals surface area contributed by atoms with Crippen molar-refractivity contribution in [3.63, 3.8) is 0 Å². The second-order valence-electron chi connectivity index (χ2n) is 10.5. The van der Waals surface area contributed by atoms with E-state index in [0.717, 1.165) is 30.0 Å². The maximum atomic E-state index is 11.4. The Kier molecular flexibility index (Phi) is 19.7. The number of ether oxygens (including phenoxy) is 3. The first-order valence-corrected chi connectivity index (χ1v) is 16.9. The number of carbonyl (C=O) groups is 1. The van der Waals surface area contributed by atoms with Crippen molar-refractivity contribution in [2.24, 2.45) is 17.7 Å². The zero-order valence-corrected chi connectivity index (χ0v) is 27.5. The largest absolute Gasteiger partial charge is 0.481 e. The number of carbonyl (C=O) groups excluding carboxylic acids is 1. The molecule has 0 aromatic heterocycles. The molecule has 1 heterocycles. The van der Waals surface area contributed by atoms with Crippen LogP contribution < -0.4 is 10.6 Å². The smallest absolute Gasteiger partial charge is 0.362 e. The summed E-state index contributed by atoms with van der Waals surface area (Å²) in [4.78, 5) is 30.2. The normalized spacial score (nSPS) is 18.0. The Hall–Kier alpha value is -1.99. The molecule has 1 aromatic carbocycles. The Morgan fingerprint density at radius 2 is 1.98 bits per heavy atom. The van der Waals surface area contributed by atoms with Crippen LogP contribution in [-0.2, 0) is 18.8 Å². The Morgan fingerprint density at radius 1 is 1.28 bits per heavy atom. The van der Waals surface area contributed by atoms with Crippen molar-refractivity contribution in [2.45, 2.75) is 57.1 Å². The molecule has 244 valence electrons. The van der Waals surface area contributed by atoms with Crippen LogP contribution in [0.4, 0.5) is 0 Å². The van der Waals surface area contributed by atoms with Crippen molar-refractivity contribution < 1.29 is 38.5 Å². The quantitative estimate of drug-likeness (QED) is 0.0323. The summed E-state index contributed by atoms with van der Waals surface area (Å²) in [7, 11) is -2.53. The van der Waals surface area contributed by atoms with Crippen LogP contribution in [0.3, 0.4) is 0 Å². The van der Waals surface area contributed by atoms with E-state index in [4.69, 9.17) is 34.9 Å². The summed E-state index contributed by atoms with van der Waals surface area (Å²) < 4.78 is 28.6. The van der Waals surface area contributed by atoms with Crippen LogP contribution in [0.25, 0.3) is 0 Å². The molecule has 1 aromatic rings. The van der Waals surface area contributed by atoms with Gasteiger partial charge in [-0.3, -0.25) is 14.4 Å². The summed E-state index contributed by atoms with van der Waals surface area (Å²) in [5, 5.41) is 9.86. The van der Waals surface area contributed by atoms with Gasteiger partial charge in [-0.25, -0.2) is 10.1 Å². The van der Waals surface area contributed by atoms with Gasteiger partial charge in [-0.2, -0.15) is 0 Å². The SMILES string of the molecule is C=C/C=C\C(=C/C)C[C@@H](CCN(CC(C)C)Sc1ccc(OCP(=O)(O)O)cc1)N(N)C=O.CO[C@H]1COC[C@H]1CCO. The maximum Gasteiger partial charge on any atom is 0.362 e. The molecular formula is C30H50N3O8PS. The lowest BCUT2D eigenvalue weighted by atomic mass is 10.0. The van der Waals surface area contributed by atoms with E-state index in [9.17, 15) is 9.36 Å². The minimum atomic E-state index is -4.22. The molecular weight excluding hydrogens is 593 g/mol. The first-order valence-electron chi connectivity index (χ1n) is 14.3. The monoisotopic (exact) mass is 643 g/mol. The number of nitrogens with two attached hydrogens (primary N) is 1. The number of amides is 1. The van der Waals surface area contributed by atoms with E-state index in [1.54, 1.807) is 37.3 Å². The summed E-state index contributed by atoms with van der Waals surface area (Å²) >= 11 is 1.58. The van der Waals surface area contributed by atoms with Crippen LogP contribution in [0.5, 0.6) is 5.75 Å². The van der Waals surface area contributed by atoms with Crippen molar-refractivity contribution in [3.05, 3.63) is 60.7 Å². The first-order chi connectivity index (χ1) is 20.5. The highest BCUT2D eigenvalue weighted by molar-refractivity contribution is 7.97. The van der Waals surface area contributed by atoms with E-state index >= 15 is 0 Å². The lowest BCUT2D eigenvalue weighted by molar-refractivity contribution is -0.120. The predicted octanol–water partition coefficient (Wildman–Crippen LogP) is 4.37. The molecule has 0 radical (unpaired) electrons. The number of hydrogen-bond donors (Lipinski definition) is 4. The lowest BCUT2D eigenvalue weighted by Gasteiger charge is -2.29. The molecule has 0 aliphatic carbocycles. The molecule has 13 heteroatoms. The second-order valence-corrected chi connectivity index (χ2v) is 13.3. The average molecular weight is 644 g/mol. The van der Waals surface area contributed by atoms with Gasteiger partial charge in [-0.1, -0.05) is 50.3 Å². The van der Waals surface area contributed by atoms with Crippen LogP contribution in [-0.4, -0.2) is 89.1 Å². The van der Waals surface area contributed by atoms with Crippen LogP contribution in [0.1, 0.15) is 40.0 Å². The third-order valence-electron chi connectivity index (χ3n) is 6.51. The van der Waals surface area contributed by atoms with Crippen molar-refractivity contribution in [1.29, 1.82) is 0 Å². The minimum Gasteiger partial charge on any atom is -0.481 e. The fourth-order valence-corrected chi connectivity index (χ4v) is 5.68. The number of hydrazine groups is 1. The number of rotatable bonds is 19. The van der Waals surface area contributed by atoms with Gasteiger partial charge in [0.1, 0.15) is 5.75 Å². The van der Waals surface area contributed by atoms with Crippen LogP contribution in [0.2, 0.25) is 0 Å². The summed E-state index contributed by atoms with van der Waals surface area (Å²) in [6.07, 6.45) is 9.88. The highest BCUT2D eigenvalue weighted by atomic mass is 32.2. The van der Waals surface area contributed by atoms with Gasteiger partial charge in [-0.05, 0) is 68.3 Å². The van der Waals surface area contributed by atoms with Crippen LogP contribution in [0.15, 0.2) is 65.6 Å². The topological polar surface area (TPSA) is 155 Å². The fraction of sp³-hybridized carbons (Fsp3) is 0.567. The van der Waals surface area contributed by atoms with Gasteiger partial charge in [0.2, 0.25) is 6.41 Å². The molecule has 1 fully saturated rings. The number of aliphatic hydroxyl groups excluding tert-OH is 1. The Labute approximate surface area is 261 Å². The average Bonchev–Trinajstić information content (AvgIpc) is 3.43. The van der Waals surface area contributed by atoms with Gasteiger partial charge in [0.05, 0.1) is 25.4 Å². The number of aliphatic hydroxyl groups is 1. The van der Waals surface area contributed by atoms with Gasteiger partial charge in [0.15, 0.2) is 6.35 Å². The van der Waals surface area contributed by atoms with Crippen molar-refractivity contribution >= 4 is 26.0 Å². The Balaban J connectivity index is 0.000000775. The van der Waals surface area contributed by atoms with Crippen molar-refractivity contribution in [2.75, 3.05) is 46.4 Å². The highest BCUT2D eigenvalue weighted by Crippen LogP contribution is 2.35. The van der Waals surface area contributed by atoms with E-state index < -0.39 is 13.9 Å². The highest BCUT2D eigenvalue weighted by Gasteiger charge is 2.27. The lowest BCUT2D eigenvalue weighted by Crippen LogP contribution is -2.42. The zero-order chi connectivity index (χ0) is 32.3. The Morgan fingerprint density at radius 3 is 2.51 bits per heavy atom. The maximum absolute atomic E-state index is 11.4. The van der Waals surface area contributed by atoms with Crippen LogP contribution >= 0.6 is 19.5 Å². The summed E-state index contributed by atoms with van der Waals surface area (Å²) in [6.45, 7) is 13.1. The number of allylic oxidation sites excluding steroid dienone is 4. The van der Waals surface area contributed by atoms with E-state index in [-0.39, 0.29) is 18.8 Å². The number of hydrogen-bond acceptors (Lipinski definition) is 9. The van der Waals surface area contributed by atoms with Crippen LogP contribution in [0, 0.1) is 11.8 Å². The molecule has 0 unspecified atom stereocenters. The molecule has 1 aliphatic heterocycles. The van der Waals surface area contributed by atoms with E-state index in [1.165, 1.54) is 5.01 Å². The van der Waals surface area contributed by atoms with E-state index in [1.807, 2.05) is 37.3 Å². The zero-order valence-electron chi connectivity index (χ0n) is 25.8. The van der Waals surface area contributed by atoms with Gasteiger partial charge in [0, 0.05) is 37.6 Å². The van der Waals surface area contributed by atoms with E-state index in [2.05, 4.69) is 24.7 Å². The standard InChI is InChI=1S/C23H36N3O5PS.C7H14O3/c1-5-7-8-20(6-2)15-21(26(24)17-27)13-14-25(16-19(3)4)33-23-11-9-22(10-12-23)31-18-32(28,29)30;1-9-7-5-10-4-6(7)2-3-8/h5-12,17,19,21H,1,13-16,18,24H2,2-4H3,(H2,28,29,30);6-8H,2-5H2,1H3/b8-7-,20-6+;/t21-;6-,7+/m11/s1. The molecule has 1 amide bonds. The van der Waals surface area contributed by atoms with Gasteiger partial charge in [0.25, 0.3) is 0 Å². The first kappa shape index (κ1) is 39.0. The third kappa shape index (κ3) is 17.2. The summed E-state index contributed by atoms with van der Waals surface area (Å²) in [5.74, 6) is 7.19. The molecule has 1 aliphatic rings. The van der Waals surface area contributed by atoms with Crippen molar-refractivity contribution in [3.8, 4) is 5.75 Å². The third-order valence-corrected chi connectivity index (χ3v) is 8.05. The molecule has 43 heavy (non-hydrogen) atoms. The molecule has 0 spiro atoms. The molecule has 0 saturated carbocycles. The molecule has 3 atom stereocenters. The number of nitrogens with zero attached hydrogens (tertiary/aromatic N) is 2. The van der Waals surface area contributed by atoms with Gasteiger partial charge < -0.3 is 29.1 Å². The number of benzene rings is 1. The molecule has 11 nitrogen and oxygen atoms in total. The number of methoxy groups -OCH3 is 1. The minimum absolute atomic E-state index is 0.151. The Bertz CT molecular complexity index is 1030. The summed E-state index contributed by atoms with van der Waals surface area (Å²) in [6, 6.07) is 6.92. The fourth-order valence-electron chi connectivity index (χ4n) is 4.24. The predicted molar refractivity (Wildman–Crippen MR) is 171 cm³/mol. The molecule has 2 rings (SSSR count).